The van der Waals surface area contributed by atoms with Crippen LogP contribution in [0.5, 0.6) is 0 Å². The summed E-state index contributed by atoms with van der Waals surface area (Å²) in [5.74, 6) is 0.431. The SMILES string of the molecule is N#CC(=O)CCS.NCCCNC(C=O)(C=O)CCC(C=O)(C=O)[NH2+]CCCNC(=O)CCS.O.O.O.[Cl-].[Cl-].[Cl-]. The summed E-state index contributed by atoms with van der Waals surface area (Å²) in [6.45, 7) is 1.63. The molecule has 0 aromatic rings. The van der Waals surface area contributed by atoms with Gasteiger partial charge < -0.3 is 79.6 Å². The number of carbonyl (C=O) groups excluding carboxylic acids is 6. The van der Waals surface area contributed by atoms with E-state index in [9.17, 15) is 28.8 Å². The number of nitrogens with two attached hydrogens (primary N) is 2. The first-order chi connectivity index (χ1) is 16.3. The van der Waals surface area contributed by atoms with Gasteiger partial charge in [-0.3, -0.25) is 24.5 Å². The highest BCUT2D eigenvalue weighted by molar-refractivity contribution is 7.80. The van der Waals surface area contributed by atoms with Crippen molar-refractivity contribution in [3.8, 4) is 6.07 Å². The summed E-state index contributed by atoms with van der Waals surface area (Å²) < 4.78 is 0. The Hall–Kier alpha value is -1.36. The molecule has 240 valence electrons. The number of nitrogens with one attached hydrogen (secondary N) is 2. The number of Topliss-reactive ketones (excluding diaryl/α,β-unsaturated/α-hetero) is 1. The van der Waals surface area contributed by atoms with E-state index in [1.807, 2.05) is 0 Å². The lowest BCUT2D eigenvalue weighted by Crippen LogP contribution is -3.00. The molecule has 0 saturated carbocycles. The van der Waals surface area contributed by atoms with Gasteiger partial charge in [0.2, 0.25) is 17.2 Å². The molecule has 0 aromatic heterocycles. The molecule has 0 rings (SSSR count). The van der Waals surface area contributed by atoms with Crippen LogP contribution in [0.25, 0.3) is 0 Å². The Morgan fingerprint density at radius 3 is 1.75 bits per heavy atom. The van der Waals surface area contributed by atoms with E-state index in [0.29, 0.717) is 82.1 Å². The van der Waals surface area contributed by atoms with Crippen molar-refractivity contribution in [1.82, 2.24) is 10.6 Å². The minimum absolute atomic E-state index is 0. The molecular weight excluding hydrogens is 637 g/mol. The van der Waals surface area contributed by atoms with Crippen molar-refractivity contribution in [1.29, 1.82) is 5.26 Å². The minimum atomic E-state index is -1.44. The molecule has 0 spiro atoms. The minimum Gasteiger partial charge on any atom is -1.00 e. The fourth-order valence-corrected chi connectivity index (χ4v) is 2.96. The summed E-state index contributed by atoms with van der Waals surface area (Å²) in [6, 6.07) is 1.48. The van der Waals surface area contributed by atoms with Gasteiger partial charge in [0.15, 0.2) is 12.6 Å². The normalized spacial score (nSPS) is 9.15. The third-order valence-corrected chi connectivity index (χ3v) is 5.14. The van der Waals surface area contributed by atoms with Gasteiger partial charge in [0, 0.05) is 32.2 Å². The molecule has 0 bridgehead atoms. The van der Waals surface area contributed by atoms with Crippen LogP contribution in [0, 0.1) is 11.3 Å². The number of hydrogen-bond donors (Lipinski definition) is 6. The van der Waals surface area contributed by atoms with Crippen LogP contribution in [0.3, 0.4) is 0 Å². The van der Waals surface area contributed by atoms with Gasteiger partial charge in [-0.2, -0.15) is 30.5 Å². The standard InChI is InChI=1S/C17H30N4O5S.C4H5NOS.3ClH.3H2O/c18-6-1-8-20-16(11-22,12-23)4-5-17(13-24,14-25)21-9-2-7-19-15(26)3-10-27;5-3-4(6)1-2-7;;;;;;/h11-14,20-21,27H,1-10,18H2,(H,19,26);7H,1-2H2;3*1H;3*1H2/p-2. The van der Waals surface area contributed by atoms with Crippen LogP contribution in [0.1, 0.15) is 38.5 Å². The zero-order valence-corrected chi connectivity index (χ0v) is 25.9. The van der Waals surface area contributed by atoms with E-state index >= 15 is 0 Å². The predicted octanol–water partition coefficient (Wildman–Crippen LogP) is -13.7. The lowest BCUT2D eigenvalue weighted by molar-refractivity contribution is -0.696. The topological polar surface area (TPSA) is 287 Å². The maximum atomic E-state index is 11.5. The molecule has 1 amide bonds. The van der Waals surface area contributed by atoms with Crippen molar-refractivity contribution in [2.24, 2.45) is 5.73 Å². The van der Waals surface area contributed by atoms with Gasteiger partial charge in [-0.25, -0.2) is 0 Å². The van der Waals surface area contributed by atoms with Crippen molar-refractivity contribution in [3.05, 3.63) is 0 Å². The average Bonchev–Trinajstić information content (AvgIpc) is 2.85. The number of nitriles is 1. The number of amides is 1. The second-order valence-electron chi connectivity index (χ2n) is 7.37. The monoisotopic (exact) mass is 677 g/mol. The second-order valence-corrected chi connectivity index (χ2v) is 8.27. The van der Waals surface area contributed by atoms with Crippen molar-refractivity contribution in [3.63, 3.8) is 0 Å². The van der Waals surface area contributed by atoms with Gasteiger partial charge in [-0.1, -0.05) is 0 Å². The highest BCUT2D eigenvalue weighted by atomic mass is 35.5. The Morgan fingerprint density at radius 2 is 1.38 bits per heavy atom. The van der Waals surface area contributed by atoms with Crippen molar-refractivity contribution < 1.29 is 87.7 Å². The third-order valence-electron chi connectivity index (χ3n) is 4.70. The lowest BCUT2D eigenvalue weighted by Gasteiger charge is -2.27. The number of thiol groups is 2. The largest absolute Gasteiger partial charge is 1.00 e. The Morgan fingerprint density at radius 1 is 0.850 bits per heavy atom. The summed E-state index contributed by atoms with van der Waals surface area (Å²) in [5, 5.41) is 15.0. The van der Waals surface area contributed by atoms with Crippen LogP contribution in [0.4, 0.5) is 0 Å². The van der Waals surface area contributed by atoms with Crippen LogP contribution < -0.4 is 58.9 Å². The maximum Gasteiger partial charge on any atom is 0.232 e. The smallest absolute Gasteiger partial charge is 0.232 e. The molecule has 0 saturated heterocycles. The molecule has 0 atom stereocenters. The summed E-state index contributed by atoms with van der Waals surface area (Å²) >= 11 is 7.71. The van der Waals surface area contributed by atoms with E-state index in [4.69, 9.17) is 11.0 Å². The van der Waals surface area contributed by atoms with Crippen LogP contribution in [0.15, 0.2) is 0 Å². The van der Waals surface area contributed by atoms with E-state index in [1.54, 1.807) is 5.32 Å². The number of ketones is 1. The van der Waals surface area contributed by atoms with E-state index in [1.165, 1.54) is 6.07 Å². The lowest BCUT2D eigenvalue weighted by atomic mass is 9.87. The third kappa shape index (κ3) is 28.2. The Kier molecular flexibility index (Phi) is 54.9. The van der Waals surface area contributed by atoms with E-state index in [0.717, 1.165) is 0 Å². The summed E-state index contributed by atoms with van der Waals surface area (Å²) in [4.78, 5) is 67.2. The van der Waals surface area contributed by atoms with Gasteiger partial charge in [0.05, 0.1) is 6.54 Å². The van der Waals surface area contributed by atoms with Crippen molar-refractivity contribution >= 4 is 62.1 Å². The number of rotatable bonds is 20. The number of hydrogen-bond acceptors (Lipinski definition) is 11. The van der Waals surface area contributed by atoms with Gasteiger partial charge >= 0.3 is 0 Å². The number of aldehydes is 4. The molecule has 0 fully saturated rings. The number of nitrogens with zero attached hydrogens (tertiary/aromatic N) is 1. The number of halogens is 3. The molecule has 19 heteroatoms. The molecule has 0 unspecified atom stereocenters. The number of carbonyl (C=O) groups is 6. The highest BCUT2D eigenvalue weighted by Crippen LogP contribution is 2.13. The second kappa shape index (κ2) is 37.6. The molecule has 0 aliphatic carbocycles. The Balaban J connectivity index is -0.000000116. The first-order valence-electron chi connectivity index (χ1n) is 10.8. The van der Waals surface area contributed by atoms with Gasteiger partial charge in [-0.05, 0) is 37.4 Å². The average molecular weight is 679 g/mol. The highest BCUT2D eigenvalue weighted by Gasteiger charge is 2.38. The summed E-state index contributed by atoms with van der Waals surface area (Å²) in [6.07, 6.45) is 3.82. The van der Waals surface area contributed by atoms with Crippen LogP contribution in [0.2, 0.25) is 0 Å². The molecule has 0 heterocycles. The molecule has 14 nitrogen and oxygen atoms in total. The zero-order chi connectivity index (χ0) is 26.3. The molecule has 0 radical (unpaired) electrons. The summed E-state index contributed by atoms with van der Waals surface area (Å²) in [7, 11) is 0. The zero-order valence-electron chi connectivity index (χ0n) is 21.9. The van der Waals surface area contributed by atoms with Crippen LogP contribution in [-0.4, -0.2) is 102 Å². The van der Waals surface area contributed by atoms with Gasteiger partial charge in [0.25, 0.3) is 0 Å². The van der Waals surface area contributed by atoms with Crippen molar-refractivity contribution in [2.75, 3.05) is 37.7 Å². The Labute approximate surface area is 264 Å². The van der Waals surface area contributed by atoms with E-state index in [2.05, 4.69) is 35.9 Å². The van der Waals surface area contributed by atoms with Crippen LogP contribution in [-0.2, 0) is 28.8 Å². The first kappa shape index (κ1) is 58.3. The molecule has 0 aliphatic heterocycles. The van der Waals surface area contributed by atoms with Crippen molar-refractivity contribution in [2.45, 2.75) is 49.6 Å². The Bertz CT molecular complexity index is 693. The quantitative estimate of drug-likeness (QED) is 0.0234. The van der Waals surface area contributed by atoms with Crippen LogP contribution >= 0.6 is 25.3 Å². The van der Waals surface area contributed by atoms with Gasteiger partial charge in [0.1, 0.15) is 24.2 Å². The van der Waals surface area contributed by atoms with Gasteiger partial charge in [-0.15, -0.1) is 0 Å². The first-order valence-corrected chi connectivity index (χ1v) is 12.1. The molecule has 40 heavy (non-hydrogen) atoms. The van der Waals surface area contributed by atoms with E-state index in [-0.39, 0.29) is 78.8 Å². The predicted molar refractivity (Wildman–Crippen MR) is 143 cm³/mol. The number of quaternary nitrogens is 1. The fourth-order valence-electron chi connectivity index (χ4n) is 2.56. The molecule has 0 aromatic carbocycles. The summed E-state index contributed by atoms with van der Waals surface area (Å²) in [5.41, 5.74) is 2.58. The van der Waals surface area contributed by atoms with E-state index < -0.39 is 16.9 Å². The molecule has 0 aliphatic rings. The molecular formula is C21H42Cl3N5O9S2-2. The molecule has 12 N–H and O–H groups in total. The maximum absolute atomic E-state index is 11.5. The fraction of sp³-hybridized carbons (Fsp3) is 0.667.